The monoisotopic (exact) mass is 413 g/mol. The van der Waals surface area contributed by atoms with Gasteiger partial charge in [-0.1, -0.05) is 12.1 Å². The molecule has 7 heteroatoms. The summed E-state index contributed by atoms with van der Waals surface area (Å²) in [6.07, 6.45) is 2.78. The third kappa shape index (κ3) is 4.26. The number of benzene rings is 1. The number of carbonyl (C=O) groups excluding carboxylic acids is 2. The second-order valence-corrected chi connectivity index (χ2v) is 8.27. The zero-order valence-electron chi connectivity index (χ0n) is 17.6. The molecule has 1 aromatic heterocycles. The van der Waals surface area contributed by atoms with Crippen LogP contribution in [0.15, 0.2) is 28.7 Å². The predicted molar refractivity (Wildman–Crippen MR) is 110 cm³/mol. The lowest BCUT2D eigenvalue weighted by molar-refractivity contribution is -0.130. The SMILES string of the molecule is Cc1oc2c(c1C(=O)N(C)CC(=O)N1CCCC1)CN(Cc1ccc(F)cc1)CC2. The average Bonchev–Trinajstić information content (AvgIpc) is 3.36. The first-order valence-electron chi connectivity index (χ1n) is 10.5. The Morgan fingerprint density at radius 2 is 1.83 bits per heavy atom. The standard InChI is InChI=1S/C23H28FN3O3/c1-16-22(23(29)25(2)15-21(28)27-10-3-4-11-27)19-14-26(12-9-20(19)30-16)13-17-5-7-18(24)8-6-17/h5-8H,3-4,9-15H2,1-2H3. The van der Waals surface area contributed by atoms with E-state index >= 15 is 0 Å². The Kier molecular flexibility index (Phi) is 5.90. The van der Waals surface area contributed by atoms with E-state index in [4.69, 9.17) is 4.42 Å². The maximum atomic E-state index is 13.2. The van der Waals surface area contributed by atoms with Gasteiger partial charge in [-0.25, -0.2) is 4.39 Å². The van der Waals surface area contributed by atoms with Crippen LogP contribution in [0.1, 0.15) is 45.8 Å². The van der Waals surface area contributed by atoms with Crippen LogP contribution in [0.2, 0.25) is 0 Å². The highest BCUT2D eigenvalue weighted by atomic mass is 19.1. The van der Waals surface area contributed by atoms with Gasteiger partial charge in [0, 0.05) is 51.8 Å². The van der Waals surface area contributed by atoms with Crippen molar-refractivity contribution in [3.05, 3.63) is 58.3 Å². The number of carbonyl (C=O) groups is 2. The molecule has 0 unspecified atom stereocenters. The summed E-state index contributed by atoms with van der Waals surface area (Å²) in [5.74, 6) is 1.04. The second kappa shape index (κ2) is 8.60. The molecule has 0 radical (unpaired) electrons. The van der Waals surface area contributed by atoms with Crippen molar-refractivity contribution in [2.24, 2.45) is 0 Å². The van der Waals surface area contributed by atoms with Crippen molar-refractivity contribution in [1.29, 1.82) is 0 Å². The molecule has 6 nitrogen and oxygen atoms in total. The van der Waals surface area contributed by atoms with Crippen molar-refractivity contribution in [2.45, 2.75) is 39.3 Å². The third-order valence-corrected chi connectivity index (χ3v) is 6.01. The summed E-state index contributed by atoms with van der Waals surface area (Å²) in [7, 11) is 1.67. The normalized spacial score (nSPS) is 16.6. The minimum atomic E-state index is -0.246. The minimum absolute atomic E-state index is 0.00342. The van der Waals surface area contributed by atoms with Crippen molar-refractivity contribution in [2.75, 3.05) is 33.2 Å². The molecule has 30 heavy (non-hydrogen) atoms. The molecule has 0 atom stereocenters. The van der Waals surface area contributed by atoms with Crippen LogP contribution in [-0.4, -0.2) is 59.7 Å². The molecule has 1 fully saturated rings. The fourth-order valence-corrected chi connectivity index (χ4v) is 4.38. The number of fused-ring (bicyclic) bond motifs is 1. The highest BCUT2D eigenvalue weighted by Gasteiger charge is 2.31. The Morgan fingerprint density at radius 1 is 1.13 bits per heavy atom. The van der Waals surface area contributed by atoms with Gasteiger partial charge >= 0.3 is 0 Å². The summed E-state index contributed by atoms with van der Waals surface area (Å²) in [4.78, 5) is 31.2. The first-order valence-corrected chi connectivity index (χ1v) is 10.5. The largest absolute Gasteiger partial charge is 0.465 e. The summed E-state index contributed by atoms with van der Waals surface area (Å²) < 4.78 is 19.1. The zero-order valence-corrected chi connectivity index (χ0v) is 17.6. The number of nitrogens with zero attached hydrogens (tertiary/aromatic N) is 3. The van der Waals surface area contributed by atoms with E-state index in [-0.39, 0.29) is 24.2 Å². The number of aryl methyl sites for hydroxylation is 1. The number of halogens is 1. The van der Waals surface area contributed by atoms with Gasteiger partial charge in [0.2, 0.25) is 5.91 Å². The fraction of sp³-hybridized carbons (Fsp3) is 0.478. The van der Waals surface area contributed by atoms with Crippen LogP contribution < -0.4 is 0 Å². The molecule has 0 aliphatic carbocycles. The molecule has 2 aromatic rings. The van der Waals surface area contributed by atoms with E-state index < -0.39 is 0 Å². The fourth-order valence-electron chi connectivity index (χ4n) is 4.38. The lowest BCUT2D eigenvalue weighted by Gasteiger charge is -2.27. The molecule has 0 N–H and O–H groups in total. The Hall–Kier alpha value is -2.67. The molecule has 2 aliphatic heterocycles. The second-order valence-electron chi connectivity index (χ2n) is 8.27. The number of furan rings is 1. The molecule has 4 rings (SSSR count). The minimum Gasteiger partial charge on any atom is -0.465 e. The van der Waals surface area contributed by atoms with Crippen molar-refractivity contribution in [3.8, 4) is 0 Å². The summed E-state index contributed by atoms with van der Waals surface area (Å²) in [5.41, 5.74) is 2.51. The topological polar surface area (TPSA) is 57.0 Å². The number of rotatable bonds is 5. The maximum Gasteiger partial charge on any atom is 0.257 e. The van der Waals surface area contributed by atoms with Crippen LogP contribution >= 0.6 is 0 Å². The number of hydrogen-bond acceptors (Lipinski definition) is 4. The van der Waals surface area contributed by atoms with Gasteiger partial charge in [0.1, 0.15) is 17.3 Å². The van der Waals surface area contributed by atoms with E-state index in [2.05, 4.69) is 4.90 Å². The molecule has 2 aliphatic rings. The molecule has 0 spiro atoms. The maximum absolute atomic E-state index is 13.2. The van der Waals surface area contributed by atoms with E-state index in [1.165, 1.54) is 17.0 Å². The quantitative estimate of drug-likeness (QED) is 0.756. The van der Waals surface area contributed by atoms with Crippen molar-refractivity contribution in [1.82, 2.24) is 14.7 Å². The molecule has 2 amide bonds. The van der Waals surface area contributed by atoms with Crippen LogP contribution in [0.25, 0.3) is 0 Å². The number of likely N-dealkylation sites (tertiary alicyclic amines) is 1. The average molecular weight is 413 g/mol. The Balaban J connectivity index is 1.47. The van der Waals surface area contributed by atoms with Gasteiger partial charge < -0.3 is 14.2 Å². The van der Waals surface area contributed by atoms with Gasteiger partial charge in [-0.3, -0.25) is 14.5 Å². The van der Waals surface area contributed by atoms with E-state index in [0.29, 0.717) is 24.4 Å². The zero-order chi connectivity index (χ0) is 21.3. The van der Waals surface area contributed by atoms with E-state index in [1.807, 2.05) is 11.8 Å². The van der Waals surface area contributed by atoms with E-state index in [1.54, 1.807) is 19.2 Å². The Bertz CT molecular complexity index is 932. The molecular weight excluding hydrogens is 385 g/mol. The first-order chi connectivity index (χ1) is 14.4. The predicted octanol–water partition coefficient (Wildman–Crippen LogP) is 2.98. The third-order valence-electron chi connectivity index (χ3n) is 6.01. The van der Waals surface area contributed by atoms with Gasteiger partial charge in [-0.2, -0.15) is 0 Å². The molecule has 0 saturated carbocycles. The molecule has 160 valence electrons. The van der Waals surface area contributed by atoms with Crippen molar-refractivity contribution < 1.29 is 18.4 Å². The van der Waals surface area contributed by atoms with Gasteiger partial charge in [-0.15, -0.1) is 0 Å². The van der Waals surface area contributed by atoms with Gasteiger partial charge in [0.05, 0.1) is 12.1 Å². The highest BCUT2D eigenvalue weighted by molar-refractivity contribution is 5.98. The van der Waals surface area contributed by atoms with Gasteiger partial charge in [0.25, 0.3) is 5.91 Å². The number of hydrogen-bond donors (Lipinski definition) is 0. The lowest BCUT2D eigenvalue weighted by atomic mass is 10.0. The van der Waals surface area contributed by atoms with Crippen LogP contribution in [0.3, 0.4) is 0 Å². The smallest absolute Gasteiger partial charge is 0.257 e. The molecule has 1 aromatic carbocycles. The van der Waals surface area contributed by atoms with Crippen LogP contribution in [-0.2, 0) is 24.3 Å². The molecule has 3 heterocycles. The lowest BCUT2D eigenvalue weighted by Crippen LogP contribution is -2.40. The summed E-state index contributed by atoms with van der Waals surface area (Å²) in [5, 5.41) is 0. The molecule has 1 saturated heterocycles. The van der Waals surface area contributed by atoms with Crippen LogP contribution in [0, 0.1) is 12.7 Å². The molecule has 0 bridgehead atoms. The number of amides is 2. The first kappa shape index (κ1) is 20.6. The highest BCUT2D eigenvalue weighted by Crippen LogP contribution is 2.30. The summed E-state index contributed by atoms with van der Waals surface area (Å²) >= 11 is 0. The Labute approximate surface area is 176 Å². The van der Waals surface area contributed by atoms with Crippen molar-refractivity contribution >= 4 is 11.8 Å². The van der Waals surface area contributed by atoms with E-state index in [0.717, 1.165) is 55.8 Å². The van der Waals surface area contributed by atoms with Crippen LogP contribution in [0.4, 0.5) is 4.39 Å². The van der Waals surface area contributed by atoms with Crippen LogP contribution in [0.5, 0.6) is 0 Å². The van der Waals surface area contributed by atoms with Gasteiger partial charge in [-0.05, 0) is 37.5 Å². The summed E-state index contributed by atoms with van der Waals surface area (Å²) in [6, 6.07) is 6.51. The Morgan fingerprint density at radius 3 is 2.53 bits per heavy atom. The van der Waals surface area contributed by atoms with E-state index in [9.17, 15) is 14.0 Å². The molecular formula is C23H28FN3O3. The summed E-state index contributed by atoms with van der Waals surface area (Å²) in [6.45, 7) is 5.54. The van der Waals surface area contributed by atoms with Gasteiger partial charge in [0.15, 0.2) is 0 Å². The van der Waals surface area contributed by atoms with Crippen molar-refractivity contribution in [3.63, 3.8) is 0 Å². The number of likely N-dealkylation sites (N-methyl/N-ethyl adjacent to an activating group) is 1.